The molecule has 0 spiro atoms. The third-order valence-electron chi connectivity index (χ3n) is 4.74. The summed E-state index contributed by atoms with van der Waals surface area (Å²) in [5, 5.41) is 0. The third kappa shape index (κ3) is 4.13. The summed E-state index contributed by atoms with van der Waals surface area (Å²) in [7, 11) is 0. The van der Waals surface area contributed by atoms with E-state index in [1.165, 1.54) is 4.90 Å². The van der Waals surface area contributed by atoms with Gasteiger partial charge in [0.05, 0.1) is 24.0 Å². The SMILES string of the molecule is CC(C)(C)OC(=O)NNC(=O)CCCCN1C(=O)C2C3C=CC(O3)[C@H]2C1=O. The highest BCUT2D eigenvalue weighted by Gasteiger charge is 2.60. The van der Waals surface area contributed by atoms with Gasteiger partial charge in [0, 0.05) is 13.0 Å². The Morgan fingerprint density at radius 2 is 1.67 bits per heavy atom. The zero-order valence-electron chi connectivity index (χ0n) is 15.7. The van der Waals surface area contributed by atoms with E-state index < -0.39 is 23.5 Å². The molecule has 9 heteroatoms. The maximum Gasteiger partial charge on any atom is 0.426 e. The van der Waals surface area contributed by atoms with Crippen LogP contribution in [-0.2, 0) is 23.9 Å². The van der Waals surface area contributed by atoms with Crippen molar-refractivity contribution >= 4 is 23.8 Å². The van der Waals surface area contributed by atoms with Crippen molar-refractivity contribution in [1.29, 1.82) is 0 Å². The molecule has 2 bridgehead atoms. The van der Waals surface area contributed by atoms with Crippen molar-refractivity contribution in [2.45, 2.75) is 57.8 Å². The van der Waals surface area contributed by atoms with Gasteiger partial charge < -0.3 is 9.47 Å². The first kappa shape index (κ1) is 19.3. The predicted molar refractivity (Wildman–Crippen MR) is 92.9 cm³/mol. The van der Waals surface area contributed by atoms with Crippen LogP contribution in [0.15, 0.2) is 12.2 Å². The number of fused-ring (bicyclic) bond motifs is 5. The van der Waals surface area contributed by atoms with Gasteiger partial charge in [0.2, 0.25) is 17.7 Å². The van der Waals surface area contributed by atoms with Crippen LogP contribution >= 0.6 is 0 Å². The molecule has 4 atom stereocenters. The summed E-state index contributed by atoms with van der Waals surface area (Å²) in [6.45, 7) is 5.45. The standard InChI is InChI=1S/C18H25N3O6/c1-18(2,3)27-17(25)20-19-12(22)6-4-5-9-21-15(23)13-10-7-8-11(26-10)14(13)16(21)24/h7-8,10-11,13-14H,4-6,9H2,1-3H3,(H,19,22)(H,20,25)/t10?,11?,13-,14?/m1/s1. The number of amides is 4. The second-order valence-corrected chi connectivity index (χ2v) is 7.96. The van der Waals surface area contributed by atoms with Crippen molar-refractivity contribution in [3.63, 3.8) is 0 Å². The lowest BCUT2D eigenvalue weighted by atomic mass is 9.85. The average molecular weight is 379 g/mol. The molecule has 3 unspecified atom stereocenters. The maximum atomic E-state index is 12.5. The lowest BCUT2D eigenvalue weighted by molar-refractivity contribution is -0.142. The van der Waals surface area contributed by atoms with E-state index in [0.717, 1.165) is 0 Å². The quantitative estimate of drug-likeness (QED) is 0.314. The summed E-state index contributed by atoms with van der Waals surface area (Å²) in [4.78, 5) is 49.4. The van der Waals surface area contributed by atoms with Gasteiger partial charge in [0.15, 0.2) is 0 Å². The van der Waals surface area contributed by atoms with Crippen molar-refractivity contribution in [1.82, 2.24) is 15.8 Å². The van der Waals surface area contributed by atoms with Gasteiger partial charge >= 0.3 is 6.09 Å². The fraction of sp³-hybridized carbons (Fsp3) is 0.667. The normalized spacial score (nSPS) is 28.5. The number of hydrogen-bond donors (Lipinski definition) is 2. The molecule has 2 N–H and O–H groups in total. The second-order valence-electron chi connectivity index (χ2n) is 7.96. The highest BCUT2D eigenvalue weighted by molar-refractivity contribution is 6.06. The molecule has 0 aromatic carbocycles. The first-order chi connectivity index (χ1) is 12.7. The summed E-state index contributed by atoms with van der Waals surface area (Å²) in [6.07, 6.45) is 3.55. The molecule has 3 aliphatic rings. The van der Waals surface area contributed by atoms with Gasteiger partial charge in [0.25, 0.3) is 0 Å². The number of ether oxygens (including phenoxy) is 2. The van der Waals surface area contributed by atoms with Crippen molar-refractivity contribution in [3.05, 3.63) is 12.2 Å². The number of carbonyl (C=O) groups excluding carboxylic acids is 4. The number of carbonyl (C=O) groups is 4. The molecule has 148 valence electrons. The zero-order chi connectivity index (χ0) is 19.8. The Hall–Kier alpha value is -2.42. The fourth-order valence-corrected chi connectivity index (χ4v) is 3.63. The maximum absolute atomic E-state index is 12.5. The monoisotopic (exact) mass is 379 g/mol. The van der Waals surface area contributed by atoms with Gasteiger partial charge in [0.1, 0.15) is 5.60 Å². The molecular formula is C18H25N3O6. The third-order valence-corrected chi connectivity index (χ3v) is 4.74. The summed E-state index contributed by atoms with van der Waals surface area (Å²) in [6, 6.07) is 0. The molecule has 27 heavy (non-hydrogen) atoms. The topological polar surface area (TPSA) is 114 Å². The smallest absolute Gasteiger partial charge is 0.426 e. The van der Waals surface area contributed by atoms with Crippen molar-refractivity contribution in [2.75, 3.05) is 6.54 Å². The van der Waals surface area contributed by atoms with Gasteiger partial charge in [-0.05, 0) is 33.6 Å². The van der Waals surface area contributed by atoms with E-state index in [0.29, 0.717) is 12.8 Å². The van der Waals surface area contributed by atoms with E-state index in [4.69, 9.17) is 9.47 Å². The first-order valence-electron chi connectivity index (χ1n) is 9.14. The van der Waals surface area contributed by atoms with Crippen molar-refractivity contribution in [3.8, 4) is 0 Å². The number of hydrogen-bond acceptors (Lipinski definition) is 6. The number of hydrazine groups is 1. The van der Waals surface area contributed by atoms with E-state index in [2.05, 4.69) is 10.9 Å². The van der Waals surface area contributed by atoms with Crippen LogP contribution in [0.25, 0.3) is 0 Å². The Morgan fingerprint density at radius 1 is 1.07 bits per heavy atom. The van der Waals surface area contributed by atoms with Crippen LogP contribution in [0.1, 0.15) is 40.0 Å². The Labute approximate surface area is 157 Å². The minimum Gasteiger partial charge on any atom is -0.443 e. The summed E-state index contributed by atoms with van der Waals surface area (Å²) in [5.41, 5.74) is 3.80. The number of nitrogens with one attached hydrogen (secondary N) is 2. The van der Waals surface area contributed by atoms with Crippen LogP contribution in [0.4, 0.5) is 4.79 Å². The molecule has 3 heterocycles. The van der Waals surface area contributed by atoms with Gasteiger partial charge in [-0.15, -0.1) is 0 Å². The molecule has 4 amide bonds. The van der Waals surface area contributed by atoms with Gasteiger partial charge in [-0.1, -0.05) is 12.2 Å². The molecule has 2 saturated heterocycles. The minimum absolute atomic E-state index is 0.162. The lowest BCUT2D eigenvalue weighted by Gasteiger charge is -2.19. The fourth-order valence-electron chi connectivity index (χ4n) is 3.63. The Morgan fingerprint density at radius 3 is 2.22 bits per heavy atom. The second kappa shape index (κ2) is 7.30. The average Bonchev–Trinajstić information content (AvgIpc) is 3.24. The lowest BCUT2D eigenvalue weighted by Crippen LogP contribution is -2.44. The molecular weight excluding hydrogens is 354 g/mol. The molecule has 2 fully saturated rings. The number of imide groups is 1. The van der Waals surface area contributed by atoms with Crippen LogP contribution in [0.2, 0.25) is 0 Å². The van der Waals surface area contributed by atoms with Crippen LogP contribution in [-0.4, -0.2) is 53.1 Å². The molecule has 0 radical (unpaired) electrons. The summed E-state index contributed by atoms with van der Waals surface area (Å²) in [5.74, 6) is -1.52. The molecule has 3 rings (SSSR count). The van der Waals surface area contributed by atoms with E-state index in [-0.39, 0.29) is 42.9 Å². The highest BCUT2D eigenvalue weighted by atomic mass is 16.6. The summed E-state index contributed by atoms with van der Waals surface area (Å²) < 4.78 is 10.6. The van der Waals surface area contributed by atoms with Crippen LogP contribution in [0, 0.1) is 11.8 Å². The Balaban J connectivity index is 1.35. The van der Waals surface area contributed by atoms with E-state index in [1.54, 1.807) is 20.8 Å². The molecule has 0 aromatic heterocycles. The number of likely N-dealkylation sites (tertiary alicyclic amines) is 1. The molecule has 0 aromatic rings. The van der Waals surface area contributed by atoms with E-state index in [9.17, 15) is 19.2 Å². The number of rotatable bonds is 5. The number of unbranched alkanes of at least 4 members (excludes halogenated alkanes) is 1. The summed E-state index contributed by atoms with van der Waals surface area (Å²) >= 11 is 0. The van der Waals surface area contributed by atoms with Crippen molar-refractivity contribution < 1.29 is 28.7 Å². The molecule has 3 aliphatic heterocycles. The van der Waals surface area contributed by atoms with Crippen LogP contribution < -0.4 is 10.9 Å². The Bertz CT molecular complexity index is 653. The highest BCUT2D eigenvalue weighted by Crippen LogP contribution is 2.45. The molecule has 9 nitrogen and oxygen atoms in total. The van der Waals surface area contributed by atoms with Crippen molar-refractivity contribution in [2.24, 2.45) is 11.8 Å². The first-order valence-corrected chi connectivity index (χ1v) is 9.14. The minimum atomic E-state index is -0.735. The van der Waals surface area contributed by atoms with Gasteiger partial charge in [-0.3, -0.25) is 24.7 Å². The van der Waals surface area contributed by atoms with E-state index >= 15 is 0 Å². The molecule has 0 saturated carbocycles. The van der Waals surface area contributed by atoms with E-state index in [1.807, 2.05) is 12.2 Å². The Kier molecular flexibility index (Phi) is 5.23. The largest absolute Gasteiger partial charge is 0.443 e. The predicted octanol–water partition coefficient (Wildman–Crippen LogP) is 0.651. The van der Waals surface area contributed by atoms with Crippen LogP contribution in [0.5, 0.6) is 0 Å². The van der Waals surface area contributed by atoms with Gasteiger partial charge in [-0.25, -0.2) is 10.2 Å². The molecule has 0 aliphatic carbocycles. The number of nitrogens with zero attached hydrogens (tertiary/aromatic N) is 1. The zero-order valence-corrected chi connectivity index (χ0v) is 15.7. The van der Waals surface area contributed by atoms with Crippen LogP contribution in [0.3, 0.4) is 0 Å². The van der Waals surface area contributed by atoms with Gasteiger partial charge in [-0.2, -0.15) is 0 Å².